The summed E-state index contributed by atoms with van der Waals surface area (Å²) in [6, 6.07) is 18.3. The Morgan fingerprint density at radius 3 is 2.50 bits per heavy atom. The number of para-hydroxylation sites is 2. The van der Waals surface area contributed by atoms with Crippen molar-refractivity contribution in [3.05, 3.63) is 72.1 Å². The van der Waals surface area contributed by atoms with Crippen LogP contribution in [-0.4, -0.2) is 16.8 Å². The van der Waals surface area contributed by atoms with Crippen LogP contribution in [0.25, 0.3) is 21.5 Å². The molecule has 0 atom stereocenters. The Morgan fingerprint density at radius 2 is 1.77 bits per heavy atom. The average Bonchev–Trinajstić information content (AvgIpc) is 3.26. The predicted molar refractivity (Wildman–Crippen MR) is 100 cm³/mol. The Morgan fingerprint density at radius 1 is 1.04 bits per heavy atom. The number of aromatic nitrogens is 1. The van der Waals surface area contributed by atoms with Gasteiger partial charge in [0.2, 0.25) is 0 Å². The predicted octanol–water partition coefficient (Wildman–Crippen LogP) is 3.91. The molecular formula is C19H13N3O3S. The molecule has 0 aliphatic carbocycles. The highest BCUT2D eigenvalue weighted by atomic mass is 32.1. The molecule has 0 spiro atoms. The van der Waals surface area contributed by atoms with Crippen molar-refractivity contribution < 1.29 is 14.0 Å². The van der Waals surface area contributed by atoms with Crippen LogP contribution in [0.1, 0.15) is 21.0 Å². The van der Waals surface area contributed by atoms with Gasteiger partial charge in [-0.3, -0.25) is 9.59 Å². The summed E-state index contributed by atoms with van der Waals surface area (Å²) < 4.78 is 5.46. The number of anilines is 1. The summed E-state index contributed by atoms with van der Waals surface area (Å²) in [5.74, 6) is -1.22. The molecule has 4 aromatic rings. The molecule has 2 amide bonds. The number of hydrogen-bond donors (Lipinski definition) is 2. The highest BCUT2D eigenvalue weighted by Crippen LogP contribution is 2.35. The Balaban J connectivity index is 1.67. The quantitative estimate of drug-likeness (QED) is 0.574. The van der Waals surface area contributed by atoms with Gasteiger partial charge in [-0.2, -0.15) is 0 Å². The van der Waals surface area contributed by atoms with Crippen LogP contribution >= 0.6 is 11.3 Å². The van der Waals surface area contributed by atoms with E-state index in [-0.39, 0.29) is 11.5 Å². The van der Waals surface area contributed by atoms with E-state index in [0.717, 1.165) is 10.4 Å². The van der Waals surface area contributed by atoms with Gasteiger partial charge in [0.1, 0.15) is 10.5 Å². The molecule has 2 heterocycles. The smallest absolute Gasteiger partial charge is 0.312 e. The first-order valence-corrected chi connectivity index (χ1v) is 8.59. The van der Waals surface area contributed by atoms with E-state index in [4.69, 9.17) is 10.2 Å². The fraction of sp³-hybridized carbons (Fsp3) is 0. The first-order chi connectivity index (χ1) is 12.6. The number of oxazole rings is 1. The molecule has 0 unspecified atom stereocenters. The molecular weight excluding hydrogens is 350 g/mol. The molecule has 2 aromatic carbocycles. The summed E-state index contributed by atoms with van der Waals surface area (Å²) in [5, 5.41) is 3.05. The van der Waals surface area contributed by atoms with Crippen molar-refractivity contribution in [1.82, 2.24) is 4.98 Å². The van der Waals surface area contributed by atoms with Gasteiger partial charge in [-0.1, -0.05) is 42.5 Å². The van der Waals surface area contributed by atoms with Crippen LogP contribution in [0.2, 0.25) is 0 Å². The van der Waals surface area contributed by atoms with Crippen LogP contribution < -0.4 is 11.1 Å². The Bertz CT molecular complexity index is 1080. The van der Waals surface area contributed by atoms with Crippen LogP contribution in [0, 0.1) is 0 Å². The van der Waals surface area contributed by atoms with Gasteiger partial charge in [-0.05, 0) is 23.8 Å². The van der Waals surface area contributed by atoms with Gasteiger partial charge in [0, 0.05) is 4.88 Å². The van der Waals surface area contributed by atoms with Crippen molar-refractivity contribution in [2.45, 2.75) is 0 Å². The number of amides is 2. The standard InChI is InChI=1S/C19H13N3O3S/c20-16(23)12-10-15(11-6-2-1-3-7-11)26-19(12)22-17(24)18-21-13-8-4-5-9-14(13)25-18/h1-10H,(H2,20,23)(H,22,24). The number of nitrogens with two attached hydrogens (primary N) is 1. The van der Waals surface area contributed by atoms with Gasteiger partial charge < -0.3 is 15.5 Å². The minimum absolute atomic E-state index is 0.0729. The van der Waals surface area contributed by atoms with Crippen molar-refractivity contribution >= 4 is 39.3 Å². The summed E-state index contributed by atoms with van der Waals surface area (Å²) in [7, 11) is 0. The fourth-order valence-electron chi connectivity index (χ4n) is 2.54. The molecule has 0 aliphatic heterocycles. The molecule has 0 bridgehead atoms. The van der Waals surface area contributed by atoms with Crippen molar-refractivity contribution in [2.75, 3.05) is 5.32 Å². The van der Waals surface area contributed by atoms with E-state index >= 15 is 0 Å². The maximum absolute atomic E-state index is 12.5. The second-order valence-corrected chi connectivity index (χ2v) is 6.58. The maximum Gasteiger partial charge on any atom is 0.312 e. The lowest BCUT2D eigenvalue weighted by Gasteiger charge is -2.01. The van der Waals surface area contributed by atoms with Gasteiger partial charge in [-0.25, -0.2) is 4.98 Å². The number of fused-ring (bicyclic) bond motifs is 1. The Labute approximate surface area is 152 Å². The summed E-state index contributed by atoms with van der Waals surface area (Å²) in [4.78, 5) is 29.2. The molecule has 26 heavy (non-hydrogen) atoms. The second kappa shape index (κ2) is 6.45. The van der Waals surface area contributed by atoms with E-state index in [1.165, 1.54) is 11.3 Å². The number of thiophene rings is 1. The van der Waals surface area contributed by atoms with E-state index < -0.39 is 11.8 Å². The zero-order valence-electron chi connectivity index (χ0n) is 13.4. The lowest BCUT2D eigenvalue weighted by atomic mass is 10.1. The molecule has 3 N–H and O–H groups in total. The van der Waals surface area contributed by atoms with E-state index in [9.17, 15) is 9.59 Å². The highest BCUT2D eigenvalue weighted by Gasteiger charge is 2.20. The molecule has 4 rings (SSSR count). The number of hydrogen-bond acceptors (Lipinski definition) is 5. The molecule has 0 saturated carbocycles. The molecule has 0 radical (unpaired) electrons. The van der Waals surface area contributed by atoms with Gasteiger partial charge in [0.05, 0.1) is 5.56 Å². The lowest BCUT2D eigenvalue weighted by molar-refractivity contribution is 0.0992. The van der Waals surface area contributed by atoms with Gasteiger partial charge in [0.15, 0.2) is 5.58 Å². The normalized spacial score (nSPS) is 10.8. The van der Waals surface area contributed by atoms with Crippen molar-refractivity contribution in [3.8, 4) is 10.4 Å². The zero-order valence-corrected chi connectivity index (χ0v) is 14.2. The molecule has 0 fully saturated rings. The molecule has 6 nitrogen and oxygen atoms in total. The topological polar surface area (TPSA) is 98.2 Å². The van der Waals surface area contributed by atoms with Crippen LogP contribution in [-0.2, 0) is 0 Å². The molecule has 0 aliphatic rings. The first-order valence-electron chi connectivity index (χ1n) is 7.78. The molecule has 2 aromatic heterocycles. The summed E-state index contributed by atoms with van der Waals surface area (Å²) in [6.45, 7) is 0. The zero-order chi connectivity index (χ0) is 18.1. The number of rotatable bonds is 4. The van der Waals surface area contributed by atoms with E-state index in [1.54, 1.807) is 24.3 Å². The first kappa shape index (κ1) is 16.0. The van der Waals surface area contributed by atoms with Gasteiger partial charge in [0.25, 0.3) is 11.8 Å². The maximum atomic E-state index is 12.5. The third-order valence-corrected chi connectivity index (χ3v) is 4.87. The minimum atomic E-state index is -0.615. The number of nitrogens with one attached hydrogen (secondary N) is 1. The van der Waals surface area contributed by atoms with Crippen molar-refractivity contribution in [2.24, 2.45) is 5.73 Å². The SMILES string of the molecule is NC(=O)c1cc(-c2ccccc2)sc1NC(=O)c1nc2ccccc2o1. The van der Waals surface area contributed by atoms with Crippen molar-refractivity contribution in [1.29, 1.82) is 0 Å². The summed E-state index contributed by atoms with van der Waals surface area (Å²) in [5.41, 5.74) is 7.74. The van der Waals surface area contributed by atoms with Crippen LogP contribution in [0.5, 0.6) is 0 Å². The Kier molecular flexibility index (Phi) is 3.98. The van der Waals surface area contributed by atoms with Gasteiger partial charge in [-0.15, -0.1) is 11.3 Å². The number of carbonyl (C=O) groups is 2. The average molecular weight is 363 g/mol. The molecule has 128 valence electrons. The lowest BCUT2D eigenvalue weighted by Crippen LogP contribution is -2.16. The highest BCUT2D eigenvalue weighted by molar-refractivity contribution is 7.20. The minimum Gasteiger partial charge on any atom is -0.432 e. The number of primary amides is 1. The summed E-state index contributed by atoms with van der Waals surface area (Å²) in [6.07, 6.45) is 0. The van der Waals surface area contributed by atoms with Gasteiger partial charge >= 0.3 is 5.91 Å². The van der Waals surface area contributed by atoms with E-state index in [0.29, 0.717) is 16.1 Å². The van der Waals surface area contributed by atoms with Crippen LogP contribution in [0.4, 0.5) is 5.00 Å². The summed E-state index contributed by atoms with van der Waals surface area (Å²) >= 11 is 1.27. The van der Waals surface area contributed by atoms with Crippen LogP contribution in [0.3, 0.4) is 0 Å². The van der Waals surface area contributed by atoms with Crippen LogP contribution in [0.15, 0.2) is 65.1 Å². The largest absolute Gasteiger partial charge is 0.432 e. The van der Waals surface area contributed by atoms with E-state index in [2.05, 4.69) is 10.3 Å². The van der Waals surface area contributed by atoms with E-state index in [1.807, 2.05) is 36.4 Å². The monoisotopic (exact) mass is 363 g/mol. The third kappa shape index (κ3) is 2.96. The van der Waals surface area contributed by atoms with Crippen molar-refractivity contribution in [3.63, 3.8) is 0 Å². The molecule has 7 heteroatoms. The number of carbonyl (C=O) groups excluding carboxylic acids is 2. The molecule has 0 saturated heterocycles. The Hall–Kier alpha value is -3.45. The fourth-order valence-corrected chi connectivity index (χ4v) is 3.60. The second-order valence-electron chi connectivity index (χ2n) is 5.52. The number of benzene rings is 2. The third-order valence-electron chi connectivity index (χ3n) is 3.77. The number of nitrogens with zero attached hydrogens (tertiary/aromatic N) is 1.